The van der Waals surface area contributed by atoms with Crippen LogP contribution in [0.4, 0.5) is 5.13 Å². The number of anilines is 1. The van der Waals surface area contributed by atoms with Gasteiger partial charge in [0.1, 0.15) is 0 Å². The van der Waals surface area contributed by atoms with Gasteiger partial charge in [-0.25, -0.2) is 13.4 Å². The summed E-state index contributed by atoms with van der Waals surface area (Å²) in [6.45, 7) is 4.94. The molecular weight excluding hydrogens is 450 g/mol. The van der Waals surface area contributed by atoms with Gasteiger partial charge in [0, 0.05) is 32.9 Å². The number of hydrogen-bond acceptors (Lipinski definition) is 7. The minimum Gasteiger partial charge on any atom is -0.383 e. The highest BCUT2D eigenvalue weighted by molar-refractivity contribution is 7.89. The first-order valence-electron chi connectivity index (χ1n) is 10.0. The largest absolute Gasteiger partial charge is 0.383 e. The summed E-state index contributed by atoms with van der Waals surface area (Å²) in [6, 6.07) is 9.90. The Balaban J connectivity index is 1.77. The molecule has 2 aromatic carbocycles. The third kappa shape index (κ3) is 5.33. The highest BCUT2D eigenvalue weighted by Crippen LogP contribution is 2.31. The van der Waals surface area contributed by atoms with Crippen LogP contribution in [0.1, 0.15) is 21.5 Å². The van der Waals surface area contributed by atoms with E-state index in [9.17, 15) is 13.2 Å². The van der Waals surface area contributed by atoms with E-state index in [1.54, 1.807) is 0 Å². The first kappa shape index (κ1) is 24.3. The summed E-state index contributed by atoms with van der Waals surface area (Å²) in [7, 11) is -0.710. The number of hydrogen-bond donors (Lipinski definition) is 1. The number of ether oxygens (including phenoxy) is 2. The summed E-state index contributed by atoms with van der Waals surface area (Å²) in [5.41, 5.74) is 3.36. The van der Waals surface area contributed by atoms with Crippen LogP contribution >= 0.6 is 11.3 Å². The van der Waals surface area contributed by atoms with Gasteiger partial charge in [-0.05, 0) is 49.2 Å². The predicted molar refractivity (Wildman–Crippen MR) is 126 cm³/mol. The van der Waals surface area contributed by atoms with Crippen LogP contribution in [-0.4, -0.2) is 64.1 Å². The lowest BCUT2D eigenvalue weighted by atomic mass is 10.1. The van der Waals surface area contributed by atoms with Crippen LogP contribution in [0.25, 0.3) is 10.2 Å². The molecule has 1 N–H and O–H groups in total. The lowest BCUT2D eigenvalue weighted by Crippen LogP contribution is -2.36. The second kappa shape index (κ2) is 10.5. The molecule has 1 amide bonds. The van der Waals surface area contributed by atoms with Crippen molar-refractivity contribution in [2.24, 2.45) is 0 Å². The van der Waals surface area contributed by atoms with E-state index in [1.165, 1.54) is 54.1 Å². The van der Waals surface area contributed by atoms with Crippen molar-refractivity contribution in [1.29, 1.82) is 0 Å². The molecule has 3 aromatic rings. The molecule has 3 rings (SSSR count). The van der Waals surface area contributed by atoms with Gasteiger partial charge >= 0.3 is 0 Å². The number of carbonyl (C=O) groups is 1. The third-order valence-corrected chi connectivity index (χ3v) is 8.03. The van der Waals surface area contributed by atoms with E-state index in [1.807, 2.05) is 26.0 Å². The number of carbonyl (C=O) groups excluding carboxylic acids is 1. The van der Waals surface area contributed by atoms with Crippen molar-refractivity contribution in [3.63, 3.8) is 0 Å². The molecule has 8 nitrogen and oxygen atoms in total. The lowest BCUT2D eigenvalue weighted by Gasteiger charge is -2.21. The molecule has 0 atom stereocenters. The van der Waals surface area contributed by atoms with Gasteiger partial charge in [-0.1, -0.05) is 23.5 Å². The van der Waals surface area contributed by atoms with Gasteiger partial charge in [0.25, 0.3) is 5.91 Å². The summed E-state index contributed by atoms with van der Waals surface area (Å²) in [6.07, 6.45) is 0. The maximum absolute atomic E-state index is 13.0. The second-order valence-electron chi connectivity index (χ2n) is 7.26. The summed E-state index contributed by atoms with van der Waals surface area (Å²) in [5.74, 6) is -0.348. The molecule has 0 spiro atoms. The Labute approximate surface area is 192 Å². The van der Waals surface area contributed by atoms with Gasteiger partial charge in [-0.15, -0.1) is 0 Å². The molecule has 10 heteroatoms. The Morgan fingerprint density at radius 3 is 2.16 bits per heavy atom. The Kier molecular flexibility index (Phi) is 7.96. The summed E-state index contributed by atoms with van der Waals surface area (Å²) >= 11 is 1.42. The van der Waals surface area contributed by atoms with E-state index < -0.39 is 10.0 Å². The van der Waals surface area contributed by atoms with Gasteiger partial charge in [0.2, 0.25) is 10.0 Å². The maximum atomic E-state index is 13.0. The number of aryl methyl sites for hydroxylation is 2. The lowest BCUT2D eigenvalue weighted by molar-refractivity contribution is 0.102. The van der Waals surface area contributed by atoms with Gasteiger partial charge in [-0.3, -0.25) is 10.1 Å². The molecule has 172 valence electrons. The molecule has 1 aromatic heterocycles. The number of methoxy groups -OCH3 is 2. The molecule has 0 fully saturated rings. The number of thiazole rings is 1. The standard InChI is InChI=1S/C22H27N3O5S2/c1-15-5-6-16(2)20-19(15)23-22(31-20)24-21(26)17-7-9-18(10-8-17)32(27,28)25(11-13-29-3)12-14-30-4/h5-10H,11-14H2,1-4H3,(H,23,24,26). The van der Waals surface area contributed by atoms with Crippen LogP contribution in [0.5, 0.6) is 0 Å². The Hall–Kier alpha value is -2.37. The first-order chi connectivity index (χ1) is 15.3. The molecule has 0 unspecified atom stereocenters. The average Bonchev–Trinajstić information content (AvgIpc) is 3.21. The fourth-order valence-corrected chi connectivity index (χ4v) is 5.56. The summed E-state index contributed by atoms with van der Waals surface area (Å²) in [4.78, 5) is 17.3. The van der Waals surface area contributed by atoms with E-state index in [0.717, 1.165) is 21.3 Å². The van der Waals surface area contributed by atoms with Gasteiger partial charge in [0.05, 0.1) is 28.3 Å². The highest BCUT2D eigenvalue weighted by atomic mass is 32.2. The van der Waals surface area contributed by atoms with Crippen molar-refractivity contribution in [3.05, 3.63) is 53.1 Å². The number of aromatic nitrogens is 1. The molecule has 0 radical (unpaired) electrons. The molecule has 0 aliphatic rings. The van der Waals surface area contributed by atoms with E-state index in [2.05, 4.69) is 10.3 Å². The molecular formula is C22H27N3O5S2. The monoisotopic (exact) mass is 477 g/mol. The van der Waals surface area contributed by atoms with Crippen molar-refractivity contribution in [1.82, 2.24) is 9.29 Å². The van der Waals surface area contributed by atoms with Gasteiger partial charge < -0.3 is 9.47 Å². The number of amides is 1. The molecule has 32 heavy (non-hydrogen) atoms. The van der Waals surface area contributed by atoms with E-state index in [0.29, 0.717) is 10.7 Å². The number of rotatable bonds is 10. The maximum Gasteiger partial charge on any atom is 0.257 e. The molecule has 0 saturated heterocycles. The minimum absolute atomic E-state index is 0.104. The molecule has 0 aliphatic carbocycles. The Morgan fingerprint density at radius 1 is 1.00 bits per heavy atom. The van der Waals surface area contributed by atoms with Crippen molar-refractivity contribution < 1.29 is 22.7 Å². The van der Waals surface area contributed by atoms with Crippen molar-refractivity contribution in [2.45, 2.75) is 18.7 Å². The van der Waals surface area contributed by atoms with Crippen molar-refractivity contribution in [3.8, 4) is 0 Å². The smallest absolute Gasteiger partial charge is 0.257 e. The summed E-state index contributed by atoms with van der Waals surface area (Å²) in [5, 5.41) is 3.32. The number of nitrogens with zero attached hydrogens (tertiary/aromatic N) is 2. The quantitative estimate of drug-likeness (QED) is 0.480. The number of sulfonamides is 1. The van der Waals surface area contributed by atoms with Crippen molar-refractivity contribution >= 4 is 42.6 Å². The Bertz CT molecular complexity index is 1140. The zero-order valence-electron chi connectivity index (χ0n) is 18.5. The minimum atomic E-state index is -3.74. The van der Waals surface area contributed by atoms with Crippen LogP contribution in [0.3, 0.4) is 0 Å². The molecule has 0 saturated carbocycles. The molecule has 0 aliphatic heterocycles. The normalized spacial score (nSPS) is 11.9. The van der Waals surface area contributed by atoms with Gasteiger partial charge in [0.15, 0.2) is 5.13 Å². The van der Waals surface area contributed by atoms with Crippen LogP contribution in [0.15, 0.2) is 41.3 Å². The number of nitrogens with one attached hydrogen (secondary N) is 1. The number of fused-ring (bicyclic) bond motifs is 1. The average molecular weight is 478 g/mol. The fraction of sp³-hybridized carbons (Fsp3) is 0.364. The van der Waals surface area contributed by atoms with E-state index in [4.69, 9.17) is 9.47 Å². The van der Waals surface area contributed by atoms with E-state index >= 15 is 0 Å². The van der Waals surface area contributed by atoms with Crippen molar-refractivity contribution in [2.75, 3.05) is 45.8 Å². The predicted octanol–water partition coefficient (Wildman–Crippen LogP) is 3.45. The van der Waals surface area contributed by atoms with Gasteiger partial charge in [-0.2, -0.15) is 4.31 Å². The molecule has 1 heterocycles. The summed E-state index contributed by atoms with van der Waals surface area (Å²) < 4.78 is 38.4. The zero-order chi connectivity index (χ0) is 23.3. The second-order valence-corrected chi connectivity index (χ2v) is 10.2. The Morgan fingerprint density at radius 2 is 1.59 bits per heavy atom. The van der Waals surface area contributed by atoms with Crippen LogP contribution in [0, 0.1) is 13.8 Å². The SMILES string of the molecule is COCCN(CCOC)S(=O)(=O)c1ccc(C(=O)Nc2nc3c(C)ccc(C)c3s2)cc1. The number of benzene rings is 2. The van der Waals surface area contributed by atoms with Crippen LogP contribution in [-0.2, 0) is 19.5 Å². The highest BCUT2D eigenvalue weighted by Gasteiger charge is 2.24. The topological polar surface area (TPSA) is 97.8 Å². The third-order valence-electron chi connectivity index (χ3n) is 5.01. The first-order valence-corrected chi connectivity index (χ1v) is 12.3. The van der Waals surface area contributed by atoms with Crippen LogP contribution in [0.2, 0.25) is 0 Å². The van der Waals surface area contributed by atoms with Crippen LogP contribution < -0.4 is 5.32 Å². The molecule has 0 bridgehead atoms. The fourth-order valence-electron chi connectivity index (χ4n) is 3.15. The zero-order valence-corrected chi connectivity index (χ0v) is 20.2. The van der Waals surface area contributed by atoms with E-state index in [-0.39, 0.29) is 37.1 Å².